The first-order valence-corrected chi connectivity index (χ1v) is 11.7. The van der Waals surface area contributed by atoms with Crippen LogP contribution in [0.15, 0.2) is 92.3 Å². The Hall–Kier alpha value is -3.83. The molecule has 3 aromatic carbocycles. The number of carbonyl (C=O) groups excluding carboxylic acids is 1. The van der Waals surface area contributed by atoms with E-state index in [1.54, 1.807) is 48.5 Å². The third kappa shape index (κ3) is 5.21. The van der Waals surface area contributed by atoms with Crippen LogP contribution in [0.5, 0.6) is 0 Å². The van der Waals surface area contributed by atoms with Gasteiger partial charge in [-0.15, -0.1) is 0 Å². The minimum atomic E-state index is -0.522. The maximum absolute atomic E-state index is 13.2. The molecule has 1 amide bonds. The lowest BCUT2D eigenvalue weighted by Crippen LogP contribution is -2.24. The molecule has 1 N–H and O–H groups in total. The SMILES string of the molecule is O=C(CSc1nc2ccccc2c(=O)n1-c1ccc(Br)cc1)NN=Cc1ccccc1[N+](=O)[O-]. The quantitative estimate of drug-likeness (QED) is 0.123. The summed E-state index contributed by atoms with van der Waals surface area (Å²) in [6, 6.07) is 20.3. The lowest BCUT2D eigenvalue weighted by Gasteiger charge is -2.13. The average molecular weight is 538 g/mol. The van der Waals surface area contributed by atoms with Gasteiger partial charge in [0.05, 0.1) is 39.0 Å². The van der Waals surface area contributed by atoms with Crippen LogP contribution in [0.25, 0.3) is 16.6 Å². The number of carbonyl (C=O) groups is 1. The first-order valence-electron chi connectivity index (χ1n) is 9.90. The number of nitrogens with zero attached hydrogens (tertiary/aromatic N) is 4. The van der Waals surface area contributed by atoms with Gasteiger partial charge < -0.3 is 0 Å². The predicted octanol–water partition coefficient (Wildman–Crippen LogP) is 4.30. The van der Waals surface area contributed by atoms with Gasteiger partial charge in [-0.3, -0.25) is 24.3 Å². The van der Waals surface area contributed by atoms with Crippen LogP contribution in [0.4, 0.5) is 5.69 Å². The summed E-state index contributed by atoms with van der Waals surface area (Å²) < 4.78 is 2.33. The Labute approximate surface area is 205 Å². The van der Waals surface area contributed by atoms with Crippen LogP contribution in [0.3, 0.4) is 0 Å². The van der Waals surface area contributed by atoms with Crippen LogP contribution in [0, 0.1) is 10.1 Å². The first kappa shape index (κ1) is 23.3. The normalized spacial score (nSPS) is 11.1. The van der Waals surface area contributed by atoms with Crippen LogP contribution in [-0.4, -0.2) is 32.3 Å². The number of halogens is 1. The zero-order valence-corrected chi connectivity index (χ0v) is 19.8. The molecular weight excluding hydrogens is 522 g/mol. The molecule has 0 spiro atoms. The van der Waals surface area contributed by atoms with Crippen molar-refractivity contribution in [2.75, 3.05) is 5.75 Å². The fraction of sp³-hybridized carbons (Fsp3) is 0.0435. The highest BCUT2D eigenvalue weighted by molar-refractivity contribution is 9.10. The molecule has 170 valence electrons. The Kier molecular flexibility index (Phi) is 7.14. The van der Waals surface area contributed by atoms with Crippen LogP contribution < -0.4 is 11.0 Å². The van der Waals surface area contributed by atoms with E-state index in [4.69, 9.17) is 0 Å². The molecular formula is C23H16BrN5O4S. The van der Waals surface area contributed by atoms with Gasteiger partial charge in [-0.25, -0.2) is 10.4 Å². The van der Waals surface area contributed by atoms with E-state index < -0.39 is 10.8 Å². The molecule has 4 aromatic rings. The summed E-state index contributed by atoms with van der Waals surface area (Å²) in [7, 11) is 0. The van der Waals surface area contributed by atoms with Crippen molar-refractivity contribution < 1.29 is 9.72 Å². The molecule has 0 saturated carbocycles. The largest absolute Gasteiger partial charge is 0.278 e. The van der Waals surface area contributed by atoms with Crippen LogP contribution in [0.1, 0.15) is 5.56 Å². The summed E-state index contributed by atoms with van der Waals surface area (Å²) in [5.41, 5.74) is 3.39. The van der Waals surface area contributed by atoms with Crippen LogP contribution in [0.2, 0.25) is 0 Å². The topological polar surface area (TPSA) is 119 Å². The van der Waals surface area contributed by atoms with E-state index in [-0.39, 0.29) is 22.6 Å². The highest BCUT2D eigenvalue weighted by Crippen LogP contribution is 2.22. The summed E-state index contributed by atoms with van der Waals surface area (Å²) >= 11 is 4.47. The van der Waals surface area contributed by atoms with Crippen molar-refractivity contribution >= 4 is 56.4 Å². The second-order valence-corrected chi connectivity index (χ2v) is 8.78. The molecule has 0 aliphatic carbocycles. The minimum Gasteiger partial charge on any atom is -0.272 e. The molecule has 0 fully saturated rings. The molecule has 11 heteroatoms. The molecule has 34 heavy (non-hydrogen) atoms. The van der Waals surface area contributed by atoms with E-state index in [1.807, 2.05) is 12.1 Å². The van der Waals surface area contributed by atoms with E-state index in [0.29, 0.717) is 21.7 Å². The maximum atomic E-state index is 13.2. The zero-order chi connectivity index (χ0) is 24.1. The van der Waals surface area contributed by atoms with Crippen LogP contribution >= 0.6 is 27.7 Å². The van der Waals surface area contributed by atoms with Gasteiger partial charge in [0.25, 0.3) is 17.2 Å². The van der Waals surface area contributed by atoms with Gasteiger partial charge in [-0.2, -0.15) is 5.10 Å². The molecule has 0 atom stereocenters. The van der Waals surface area contributed by atoms with Gasteiger partial charge in [0.15, 0.2) is 5.16 Å². The summed E-state index contributed by atoms with van der Waals surface area (Å²) in [5.74, 6) is -0.528. The van der Waals surface area contributed by atoms with Crippen molar-refractivity contribution in [2.45, 2.75) is 5.16 Å². The van der Waals surface area contributed by atoms with Gasteiger partial charge in [-0.05, 0) is 42.5 Å². The number of benzene rings is 3. The number of amides is 1. The summed E-state index contributed by atoms with van der Waals surface area (Å²) in [4.78, 5) is 40.7. The number of thioether (sulfide) groups is 1. The number of nitro benzene ring substituents is 1. The number of hydrogen-bond acceptors (Lipinski definition) is 7. The lowest BCUT2D eigenvalue weighted by molar-refractivity contribution is -0.385. The second kappa shape index (κ2) is 10.4. The molecule has 4 rings (SSSR count). The third-order valence-electron chi connectivity index (χ3n) is 4.69. The Bertz CT molecular complexity index is 1470. The monoisotopic (exact) mass is 537 g/mol. The van der Waals surface area contributed by atoms with E-state index >= 15 is 0 Å². The molecule has 9 nitrogen and oxygen atoms in total. The van der Waals surface area contributed by atoms with Crippen molar-refractivity contribution in [1.82, 2.24) is 15.0 Å². The molecule has 0 saturated heterocycles. The molecule has 1 heterocycles. The van der Waals surface area contributed by atoms with Crippen molar-refractivity contribution in [3.05, 3.63) is 103 Å². The van der Waals surface area contributed by atoms with Crippen molar-refractivity contribution in [1.29, 1.82) is 0 Å². The molecule has 0 aliphatic rings. The highest BCUT2D eigenvalue weighted by Gasteiger charge is 2.15. The number of aromatic nitrogens is 2. The van der Waals surface area contributed by atoms with Gasteiger partial charge in [0, 0.05) is 10.5 Å². The lowest BCUT2D eigenvalue weighted by atomic mass is 10.2. The smallest absolute Gasteiger partial charge is 0.272 e. The van der Waals surface area contributed by atoms with Gasteiger partial charge >= 0.3 is 0 Å². The molecule has 1 aromatic heterocycles. The second-order valence-electron chi connectivity index (χ2n) is 6.93. The van der Waals surface area contributed by atoms with Crippen molar-refractivity contribution in [3.8, 4) is 5.69 Å². The van der Waals surface area contributed by atoms with E-state index in [2.05, 4.69) is 31.4 Å². The summed E-state index contributed by atoms with van der Waals surface area (Å²) in [6.07, 6.45) is 1.22. The Morgan fingerprint density at radius 3 is 2.59 bits per heavy atom. The Morgan fingerprint density at radius 2 is 1.82 bits per heavy atom. The molecule has 0 aliphatic heterocycles. The maximum Gasteiger partial charge on any atom is 0.278 e. The summed E-state index contributed by atoms with van der Waals surface area (Å²) in [5, 5.41) is 15.7. The highest BCUT2D eigenvalue weighted by atomic mass is 79.9. The summed E-state index contributed by atoms with van der Waals surface area (Å²) in [6.45, 7) is 0. The fourth-order valence-corrected chi connectivity index (χ4v) is 4.20. The number of rotatable bonds is 7. The van der Waals surface area contributed by atoms with Crippen LogP contribution in [-0.2, 0) is 4.79 Å². The predicted molar refractivity (Wildman–Crippen MR) is 135 cm³/mol. The fourth-order valence-electron chi connectivity index (χ4n) is 3.13. The minimum absolute atomic E-state index is 0.0739. The standard InChI is InChI=1S/C23H16BrN5O4S/c24-16-9-11-17(12-10-16)28-22(31)18-6-2-3-7-19(18)26-23(28)34-14-21(30)27-25-13-15-5-1-4-8-20(15)29(32)33/h1-13H,14H2,(H,27,30). The third-order valence-corrected chi connectivity index (χ3v) is 6.16. The number of hydrogen-bond donors (Lipinski definition) is 1. The van der Waals surface area contributed by atoms with Gasteiger partial charge in [0.2, 0.25) is 0 Å². The Morgan fingerprint density at radius 1 is 1.12 bits per heavy atom. The van der Waals surface area contributed by atoms with Crippen molar-refractivity contribution in [2.24, 2.45) is 5.10 Å². The van der Waals surface area contributed by atoms with Crippen molar-refractivity contribution in [3.63, 3.8) is 0 Å². The zero-order valence-electron chi connectivity index (χ0n) is 17.4. The first-order chi connectivity index (χ1) is 16.4. The van der Waals surface area contributed by atoms with E-state index in [9.17, 15) is 19.7 Å². The molecule has 0 radical (unpaired) electrons. The van der Waals surface area contributed by atoms with E-state index in [0.717, 1.165) is 16.2 Å². The number of nitrogens with one attached hydrogen (secondary N) is 1. The molecule has 0 bridgehead atoms. The van der Waals surface area contributed by atoms with E-state index in [1.165, 1.54) is 22.9 Å². The molecule has 0 unspecified atom stereocenters. The van der Waals surface area contributed by atoms with Gasteiger partial charge in [0.1, 0.15) is 0 Å². The number of fused-ring (bicyclic) bond motifs is 1. The number of hydrazone groups is 1. The number of nitro groups is 1. The number of para-hydroxylation sites is 2. The average Bonchev–Trinajstić information content (AvgIpc) is 2.84. The Balaban J connectivity index is 1.56. The van der Waals surface area contributed by atoms with Gasteiger partial charge in [-0.1, -0.05) is 52.0 Å².